The maximum Gasteiger partial charge on any atom is 0.242 e. The van der Waals surface area contributed by atoms with E-state index in [2.05, 4.69) is 5.32 Å². The normalized spacial score (nSPS) is 11.8. The highest BCUT2D eigenvalue weighted by Gasteiger charge is 2.26. The fourth-order valence-electron chi connectivity index (χ4n) is 2.89. The Labute approximate surface area is 188 Å². The Morgan fingerprint density at radius 1 is 1.13 bits per heavy atom. The molecule has 2 aromatic rings. The molecule has 0 aliphatic heterocycles. The van der Waals surface area contributed by atoms with Gasteiger partial charge < -0.3 is 15.0 Å². The van der Waals surface area contributed by atoms with Crippen molar-refractivity contribution in [3.8, 4) is 5.75 Å². The van der Waals surface area contributed by atoms with Crippen LogP contribution in [0.4, 0.5) is 0 Å². The van der Waals surface area contributed by atoms with Crippen molar-refractivity contribution in [3.05, 3.63) is 59.1 Å². The van der Waals surface area contributed by atoms with Crippen molar-refractivity contribution in [2.45, 2.75) is 50.7 Å². The number of ether oxygens (including phenoxy) is 1. The standard InChI is InChI=1S/C23H29ClN2O3S/c1-16(2)25-23(28)17(3)26(15-18-6-5-7-20(14-18)29-4)22(27)12-13-30-21-10-8-19(24)9-11-21/h5-11,14,16-17H,12-13,15H2,1-4H3,(H,25,28)/t17-/m1/s1. The van der Waals surface area contributed by atoms with Crippen molar-refractivity contribution in [3.63, 3.8) is 0 Å². The van der Waals surface area contributed by atoms with Crippen LogP contribution in [0.5, 0.6) is 5.75 Å². The second-order valence-corrected chi connectivity index (χ2v) is 8.87. The number of halogens is 1. The van der Waals surface area contributed by atoms with Crippen LogP contribution in [0.15, 0.2) is 53.4 Å². The fourth-order valence-corrected chi connectivity index (χ4v) is 3.85. The van der Waals surface area contributed by atoms with Gasteiger partial charge in [-0.2, -0.15) is 0 Å². The molecule has 1 N–H and O–H groups in total. The first-order valence-electron chi connectivity index (χ1n) is 9.91. The fraction of sp³-hybridized carbons (Fsp3) is 0.391. The number of nitrogens with one attached hydrogen (secondary N) is 1. The lowest BCUT2D eigenvalue weighted by Gasteiger charge is -2.29. The van der Waals surface area contributed by atoms with Gasteiger partial charge in [0.15, 0.2) is 0 Å². The maximum atomic E-state index is 13.1. The van der Waals surface area contributed by atoms with Crippen LogP contribution in [0, 0.1) is 0 Å². The van der Waals surface area contributed by atoms with Crippen molar-refractivity contribution in [2.24, 2.45) is 0 Å². The van der Waals surface area contributed by atoms with Crippen molar-refractivity contribution in [1.82, 2.24) is 10.2 Å². The molecule has 2 amide bonds. The molecular weight excluding hydrogens is 420 g/mol. The molecule has 2 rings (SSSR count). The van der Waals surface area contributed by atoms with Gasteiger partial charge in [0.05, 0.1) is 7.11 Å². The number of hydrogen-bond acceptors (Lipinski definition) is 4. The maximum absolute atomic E-state index is 13.1. The molecule has 1 atom stereocenters. The van der Waals surface area contributed by atoms with Crippen molar-refractivity contribution in [1.29, 1.82) is 0 Å². The first kappa shape index (κ1) is 24.1. The molecule has 0 saturated carbocycles. The van der Waals surface area contributed by atoms with Gasteiger partial charge in [-0.1, -0.05) is 23.7 Å². The summed E-state index contributed by atoms with van der Waals surface area (Å²) in [5, 5.41) is 3.58. The summed E-state index contributed by atoms with van der Waals surface area (Å²) in [5.41, 5.74) is 0.914. The molecule has 30 heavy (non-hydrogen) atoms. The average Bonchev–Trinajstić information content (AvgIpc) is 2.72. The van der Waals surface area contributed by atoms with Gasteiger partial charge in [-0.05, 0) is 62.7 Å². The molecule has 0 radical (unpaired) electrons. The average molecular weight is 449 g/mol. The topological polar surface area (TPSA) is 58.6 Å². The van der Waals surface area contributed by atoms with Gasteiger partial charge in [0.1, 0.15) is 11.8 Å². The molecule has 5 nitrogen and oxygen atoms in total. The summed E-state index contributed by atoms with van der Waals surface area (Å²) < 4.78 is 5.28. The molecule has 0 aliphatic carbocycles. The molecule has 0 aromatic heterocycles. The summed E-state index contributed by atoms with van der Waals surface area (Å²) in [7, 11) is 1.61. The highest BCUT2D eigenvalue weighted by atomic mass is 35.5. The molecule has 0 spiro atoms. The second-order valence-electron chi connectivity index (χ2n) is 7.26. The van der Waals surface area contributed by atoms with Gasteiger partial charge in [0.2, 0.25) is 11.8 Å². The van der Waals surface area contributed by atoms with Crippen molar-refractivity contribution >= 4 is 35.2 Å². The lowest BCUT2D eigenvalue weighted by molar-refractivity contribution is -0.140. The molecule has 2 aromatic carbocycles. The Bertz CT molecular complexity index is 843. The van der Waals surface area contributed by atoms with Gasteiger partial charge in [-0.15, -0.1) is 11.8 Å². The van der Waals surface area contributed by atoms with Crippen LogP contribution in [0.1, 0.15) is 32.8 Å². The highest BCUT2D eigenvalue weighted by Crippen LogP contribution is 2.22. The molecule has 0 fully saturated rings. The van der Waals surface area contributed by atoms with E-state index in [1.54, 1.807) is 30.7 Å². The number of hydrogen-bond donors (Lipinski definition) is 1. The largest absolute Gasteiger partial charge is 0.497 e. The van der Waals surface area contributed by atoms with E-state index >= 15 is 0 Å². The summed E-state index contributed by atoms with van der Waals surface area (Å²) in [6.07, 6.45) is 0.330. The second kappa shape index (κ2) is 11.9. The van der Waals surface area contributed by atoms with Crippen molar-refractivity contribution < 1.29 is 14.3 Å². The summed E-state index contributed by atoms with van der Waals surface area (Å²) in [5.74, 6) is 1.11. The first-order valence-corrected chi connectivity index (χ1v) is 11.3. The van der Waals surface area contributed by atoms with Crippen LogP contribution in [-0.2, 0) is 16.1 Å². The third kappa shape index (κ3) is 7.58. The summed E-state index contributed by atoms with van der Waals surface area (Å²) >= 11 is 7.51. The summed E-state index contributed by atoms with van der Waals surface area (Å²) in [4.78, 5) is 28.3. The molecule has 0 saturated heterocycles. The number of amides is 2. The number of carbonyl (C=O) groups is 2. The van der Waals surface area contributed by atoms with Gasteiger partial charge in [0.25, 0.3) is 0 Å². The van der Waals surface area contributed by atoms with E-state index in [-0.39, 0.29) is 17.9 Å². The molecule has 0 aliphatic rings. The van der Waals surface area contributed by atoms with Gasteiger partial charge >= 0.3 is 0 Å². The van der Waals surface area contributed by atoms with E-state index < -0.39 is 6.04 Å². The Kier molecular flexibility index (Phi) is 9.53. The summed E-state index contributed by atoms with van der Waals surface area (Å²) in [6.45, 7) is 5.92. The Morgan fingerprint density at radius 2 is 1.83 bits per heavy atom. The summed E-state index contributed by atoms with van der Waals surface area (Å²) in [6, 6.07) is 14.5. The minimum Gasteiger partial charge on any atom is -0.497 e. The van der Waals surface area contributed by atoms with Crippen LogP contribution >= 0.6 is 23.4 Å². The number of thioether (sulfide) groups is 1. The first-order chi connectivity index (χ1) is 14.3. The third-order valence-corrected chi connectivity index (χ3v) is 5.75. The zero-order chi connectivity index (χ0) is 22.1. The monoisotopic (exact) mass is 448 g/mol. The van der Waals surface area contributed by atoms with Crippen LogP contribution in [0.25, 0.3) is 0 Å². The van der Waals surface area contributed by atoms with E-state index in [1.807, 2.05) is 62.4 Å². The number of carbonyl (C=O) groups excluding carboxylic acids is 2. The predicted molar refractivity (Wildman–Crippen MR) is 123 cm³/mol. The van der Waals surface area contributed by atoms with Crippen molar-refractivity contribution in [2.75, 3.05) is 12.9 Å². The van der Waals surface area contributed by atoms with Gasteiger partial charge in [0, 0.05) is 34.7 Å². The molecule has 7 heteroatoms. The SMILES string of the molecule is COc1cccc(CN(C(=O)CCSc2ccc(Cl)cc2)[C@H](C)C(=O)NC(C)C)c1. The molecule has 162 valence electrons. The Balaban J connectivity index is 2.08. The number of nitrogens with zero attached hydrogens (tertiary/aromatic N) is 1. The Hall–Kier alpha value is -2.18. The minimum absolute atomic E-state index is 0.00850. The number of methoxy groups -OCH3 is 1. The zero-order valence-electron chi connectivity index (χ0n) is 17.9. The Morgan fingerprint density at radius 3 is 2.47 bits per heavy atom. The number of benzene rings is 2. The molecular formula is C23H29ClN2O3S. The molecule has 0 bridgehead atoms. The van der Waals surface area contributed by atoms with Crippen LogP contribution in [0.3, 0.4) is 0 Å². The third-order valence-electron chi connectivity index (χ3n) is 4.48. The van der Waals surface area contributed by atoms with E-state index in [9.17, 15) is 9.59 Å². The van der Waals surface area contributed by atoms with E-state index in [0.29, 0.717) is 23.7 Å². The lowest BCUT2D eigenvalue weighted by Crippen LogP contribution is -2.49. The van der Waals surface area contributed by atoms with Crippen LogP contribution in [-0.4, -0.2) is 41.7 Å². The van der Waals surface area contributed by atoms with Gasteiger partial charge in [-0.25, -0.2) is 0 Å². The van der Waals surface area contributed by atoms with Gasteiger partial charge in [-0.3, -0.25) is 9.59 Å². The molecule has 0 heterocycles. The minimum atomic E-state index is -0.577. The van der Waals surface area contributed by atoms with Crippen LogP contribution in [0.2, 0.25) is 5.02 Å². The predicted octanol–water partition coefficient (Wildman–Crippen LogP) is 4.77. The molecule has 0 unspecified atom stereocenters. The lowest BCUT2D eigenvalue weighted by atomic mass is 10.1. The van der Waals surface area contributed by atoms with E-state index in [0.717, 1.165) is 16.2 Å². The zero-order valence-corrected chi connectivity index (χ0v) is 19.4. The van der Waals surface area contributed by atoms with Crippen LogP contribution < -0.4 is 10.1 Å². The van der Waals surface area contributed by atoms with E-state index in [1.165, 1.54) is 0 Å². The highest BCUT2D eigenvalue weighted by molar-refractivity contribution is 7.99. The quantitative estimate of drug-likeness (QED) is 0.532. The van der Waals surface area contributed by atoms with E-state index in [4.69, 9.17) is 16.3 Å². The number of rotatable bonds is 10. The smallest absolute Gasteiger partial charge is 0.242 e.